The SMILES string of the molecule is Cc1cc(NC2CC(=O)N(C3CCCCCC3)C2=O)no1. The lowest BCUT2D eigenvalue weighted by Gasteiger charge is -2.25. The third-order valence-electron chi connectivity index (χ3n) is 4.32. The fourth-order valence-electron chi connectivity index (χ4n) is 3.28. The monoisotopic (exact) mass is 291 g/mol. The van der Waals surface area contributed by atoms with Crippen molar-refractivity contribution in [3.05, 3.63) is 11.8 Å². The number of anilines is 1. The van der Waals surface area contributed by atoms with Crippen LogP contribution in [0.3, 0.4) is 0 Å². The number of amides is 2. The quantitative estimate of drug-likeness (QED) is 0.683. The lowest BCUT2D eigenvalue weighted by atomic mass is 10.1. The van der Waals surface area contributed by atoms with Crippen molar-refractivity contribution in [1.29, 1.82) is 0 Å². The molecule has 3 rings (SSSR count). The summed E-state index contributed by atoms with van der Waals surface area (Å²) in [4.78, 5) is 26.2. The van der Waals surface area contributed by atoms with Gasteiger partial charge in [-0.15, -0.1) is 0 Å². The molecule has 1 aromatic rings. The molecule has 1 aliphatic heterocycles. The first kappa shape index (κ1) is 14.1. The van der Waals surface area contributed by atoms with Crippen LogP contribution < -0.4 is 5.32 Å². The zero-order valence-corrected chi connectivity index (χ0v) is 12.3. The van der Waals surface area contributed by atoms with Gasteiger partial charge in [-0.25, -0.2) is 0 Å². The highest BCUT2D eigenvalue weighted by Gasteiger charge is 2.42. The molecular formula is C15H21N3O3. The van der Waals surface area contributed by atoms with Crippen LogP contribution >= 0.6 is 0 Å². The number of hydrogen-bond acceptors (Lipinski definition) is 5. The van der Waals surface area contributed by atoms with Gasteiger partial charge >= 0.3 is 0 Å². The molecule has 6 nitrogen and oxygen atoms in total. The van der Waals surface area contributed by atoms with Gasteiger partial charge in [-0.05, 0) is 19.8 Å². The Morgan fingerprint density at radius 1 is 1.24 bits per heavy atom. The Morgan fingerprint density at radius 2 is 1.95 bits per heavy atom. The van der Waals surface area contributed by atoms with Crippen molar-refractivity contribution >= 4 is 17.6 Å². The van der Waals surface area contributed by atoms with Gasteiger partial charge in [-0.3, -0.25) is 14.5 Å². The molecule has 1 unspecified atom stereocenters. The zero-order chi connectivity index (χ0) is 14.8. The van der Waals surface area contributed by atoms with E-state index in [1.165, 1.54) is 17.7 Å². The first-order chi connectivity index (χ1) is 10.1. The van der Waals surface area contributed by atoms with Gasteiger partial charge in [0.15, 0.2) is 5.82 Å². The number of carbonyl (C=O) groups is 2. The molecule has 2 aliphatic rings. The lowest BCUT2D eigenvalue weighted by Crippen LogP contribution is -2.42. The fourth-order valence-corrected chi connectivity index (χ4v) is 3.28. The normalized spacial score (nSPS) is 24.4. The van der Waals surface area contributed by atoms with Gasteiger partial charge in [0.2, 0.25) is 5.91 Å². The van der Waals surface area contributed by atoms with E-state index in [9.17, 15) is 9.59 Å². The second-order valence-electron chi connectivity index (χ2n) is 5.97. The molecule has 0 aromatic carbocycles. The second-order valence-corrected chi connectivity index (χ2v) is 5.97. The molecule has 2 fully saturated rings. The van der Waals surface area contributed by atoms with E-state index in [2.05, 4.69) is 10.5 Å². The van der Waals surface area contributed by atoms with Gasteiger partial charge in [0.25, 0.3) is 5.91 Å². The Kier molecular flexibility index (Phi) is 3.94. The van der Waals surface area contributed by atoms with E-state index in [0.29, 0.717) is 11.6 Å². The van der Waals surface area contributed by atoms with Gasteiger partial charge in [-0.2, -0.15) is 0 Å². The summed E-state index contributed by atoms with van der Waals surface area (Å²) in [5.41, 5.74) is 0. The Hall–Kier alpha value is -1.85. The van der Waals surface area contributed by atoms with E-state index in [1.54, 1.807) is 13.0 Å². The average molecular weight is 291 g/mol. The van der Waals surface area contributed by atoms with Crippen molar-refractivity contribution in [2.45, 2.75) is 64.0 Å². The summed E-state index contributed by atoms with van der Waals surface area (Å²) in [6.07, 6.45) is 6.69. The summed E-state index contributed by atoms with van der Waals surface area (Å²) in [6.45, 7) is 1.79. The van der Waals surface area contributed by atoms with Crippen molar-refractivity contribution in [2.24, 2.45) is 0 Å². The fraction of sp³-hybridized carbons (Fsp3) is 0.667. The Balaban J connectivity index is 1.69. The van der Waals surface area contributed by atoms with Crippen LogP contribution in [0.2, 0.25) is 0 Å². The molecule has 1 N–H and O–H groups in total. The van der Waals surface area contributed by atoms with Crippen LogP contribution in [-0.2, 0) is 9.59 Å². The van der Waals surface area contributed by atoms with E-state index in [1.807, 2.05) is 0 Å². The third kappa shape index (κ3) is 2.94. The largest absolute Gasteiger partial charge is 0.360 e. The number of likely N-dealkylation sites (tertiary alicyclic amines) is 1. The predicted molar refractivity (Wildman–Crippen MR) is 76.6 cm³/mol. The summed E-state index contributed by atoms with van der Waals surface area (Å²) >= 11 is 0. The molecular weight excluding hydrogens is 270 g/mol. The highest BCUT2D eigenvalue weighted by atomic mass is 16.5. The molecule has 1 aromatic heterocycles. The molecule has 2 amide bonds. The lowest BCUT2D eigenvalue weighted by molar-refractivity contribution is -0.141. The van der Waals surface area contributed by atoms with Crippen LogP contribution in [0.25, 0.3) is 0 Å². The molecule has 1 aliphatic carbocycles. The van der Waals surface area contributed by atoms with E-state index in [0.717, 1.165) is 25.7 Å². The van der Waals surface area contributed by atoms with Gasteiger partial charge in [0.1, 0.15) is 11.8 Å². The molecule has 114 valence electrons. The van der Waals surface area contributed by atoms with Crippen LogP contribution in [-0.4, -0.2) is 34.0 Å². The number of carbonyl (C=O) groups excluding carboxylic acids is 2. The maximum Gasteiger partial charge on any atom is 0.252 e. The number of imide groups is 1. The summed E-state index contributed by atoms with van der Waals surface area (Å²) < 4.78 is 4.97. The molecule has 6 heteroatoms. The number of aryl methyl sites for hydroxylation is 1. The van der Waals surface area contributed by atoms with Crippen LogP contribution in [0.5, 0.6) is 0 Å². The van der Waals surface area contributed by atoms with E-state index >= 15 is 0 Å². The van der Waals surface area contributed by atoms with Gasteiger partial charge in [-0.1, -0.05) is 30.8 Å². The minimum absolute atomic E-state index is 0.0652. The molecule has 1 saturated carbocycles. The summed E-state index contributed by atoms with van der Waals surface area (Å²) in [5, 5.41) is 6.83. The number of hydrogen-bond donors (Lipinski definition) is 1. The number of rotatable bonds is 3. The number of nitrogens with zero attached hydrogens (tertiary/aromatic N) is 2. The van der Waals surface area contributed by atoms with E-state index in [-0.39, 0.29) is 24.3 Å². The molecule has 0 radical (unpaired) electrons. The highest BCUT2D eigenvalue weighted by Crippen LogP contribution is 2.27. The molecule has 0 bridgehead atoms. The third-order valence-corrected chi connectivity index (χ3v) is 4.32. The van der Waals surface area contributed by atoms with Crippen molar-refractivity contribution in [3.8, 4) is 0 Å². The molecule has 21 heavy (non-hydrogen) atoms. The molecule has 0 spiro atoms. The molecule has 1 saturated heterocycles. The van der Waals surface area contributed by atoms with Crippen LogP contribution in [0.15, 0.2) is 10.6 Å². The Morgan fingerprint density at radius 3 is 2.57 bits per heavy atom. The van der Waals surface area contributed by atoms with Crippen LogP contribution in [0.1, 0.15) is 50.7 Å². The topological polar surface area (TPSA) is 75.4 Å². The van der Waals surface area contributed by atoms with E-state index in [4.69, 9.17) is 4.52 Å². The van der Waals surface area contributed by atoms with Crippen molar-refractivity contribution in [2.75, 3.05) is 5.32 Å². The first-order valence-electron chi connectivity index (χ1n) is 7.71. The zero-order valence-electron chi connectivity index (χ0n) is 12.3. The second kappa shape index (κ2) is 5.87. The van der Waals surface area contributed by atoms with E-state index < -0.39 is 6.04 Å². The maximum atomic E-state index is 12.5. The van der Waals surface area contributed by atoms with Crippen molar-refractivity contribution in [1.82, 2.24) is 10.1 Å². The Labute approximate surface area is 123 Å². The maximum absolute atomic E-state index is 12.5. The minimum atomic E-state index is -0.509. The highest BCUT2D eigenvalue weighted by molar-refractivity contribution is 6.07. The van der Waals surface area contributed by atoms with Crippen molar-refractivity contribution in [3.63, 3.8) is 0 Å². The predicted octanol–water partition coefficient (Wildman–Crippen LogP) is 2.25. The van der Waals surface area contributed by atoms with Gasteiger partial charge < -0.3 is 9.84 Å². The Bertz CT molecular complexity index is 532. The summed E-state index contributed by atoms with van der Waals surface area (Å²) in [6, 6.07) is 1.30. The summed E-state index contributed by atoms with van der Waals surface area (Å²) in [5.74, 6) is 1.01. The standard InChI is InChI=1S/C15H21N3O3/c1-10-8-13(17-21-10)16-12-9-14(19)18(15(12)20)11-6-4-2-3-5-7-11/h8,11-12H,2-7,9H2,1H3,(H,16,17). The first-order valence-corrected chi connectivity index (χ1v) is 7.71. The minimum Gasteiger partial charge on any atom is -0.360 e. The van der Waals surface area contributed by atoms with Gasteiger partial charge in [0, 0.05) is 12.1 Å². The average Bonchev–Trinajstić information content (AvgIpc) is 2.84. The smallest absolute Gasteiger partial charge is 0.252 e. The molecule has 1 atom stereocenters. The number of aromatic nitrogens is 1. The van der Waals surface area contributed by atoms with Crippen molar-refractivity contribution < 1.29 is 14.1 Å². The van der Waals surface area contributed by atoms with Gasteiger partial charge in [0.05, 0.1) is 6.42 Å². The van der Waals surface area contributed by atoms with Crippen LogP contribution in [0.4, 0.5) is 5.82 Å². The molecule has 2 heterocycles. The summed E-state index contributed by atoms with van der Waals surface area (Å²) in [7, 11) is 0. The number of nitrogens with one attached hydrogen (secondary N) is 1. The van der Waals surface area contributed by atoms with Crippen LogP contribution in [0, 0.1) is 6.92 Å².